The van der Waals surface area contributed by atoms with Crippen molar-refractivity contribution < 1.29 is 32.5 Å². The van der Waals surface area contributed by atoms with Crippen molar-refractivity contribution in [2.45, 2.75) is 50.6 Å². The number of nitrogens with zero attached hydrogens (tertiary/aromatic N) is 2. The van der Waals surface area contributed by atoms with E-state index in [0.717, 1.165) is 30.7 Å². The van der Waals surface area contributed by atoms with Crippen LogP contribution >= 0.6 is 11.3 Å². The highest BCUT2D eigenvalue weighted by Gasteiger charge is 2.43. The maximum atomic E-state index is 10.6. The van der Waals surface area contributed by atoms with E-state index in [-0.39, 0.29) is 0 Å². The smallest absolute Gasteiger partial charge is 0.475 e. The van der Waals surface area contributed by atoms with Gasteiger partial charge >= 0.3 is 12.1 Å². The van der Waals surface area contributed by atoms with Crippen molar-refractivity contribution in [1.82, 2.24) is 9.88 Å². The third-order valence-corrected chi connectivity index (χ3v) is 6.06. The fourth-order valence-electron chi connectivity index (χ4n) is 3.80. The van der Waals surface area contributed by atoms with Crippen LogP contribution in [-0.2, 0) is 20.9 Å². The van der Waals surface area contributed by atoms with E-state index in [1.165, 1.54) is 32.2 Å². The standard InChI is InChI=1S/C16H24N2O2S.C2HF3O2/c1-2-12(1)9-18-6-7-20-16-13(3-4-14(16)18)10-19-11-15-17-5-8-21-15;3-2(4,5)1(6)7/h5,8,12-14,16H,1-4,6-7,9-11H2;(H,6,7). The second kappa shape index (κ2) is 9.51. The van der Waals surface area contributed by atoms with Crippen LogP contribution in [0.3, 0.4) is 0 Å². The molecule has 6 nitrogen and oxygen atoms in total. The Labute approximate surface area is 165 Å². The Kier molecular flexibility index (Phi) is 7.30. The van der Waals surface area contributed by atoms with Crippen molar-refractivity contribution in [3.63, 3.8) is 0 Å². The van der Waals surface area contributed by atoms with Crippen LogP contribution < -0.4 is 0 Å². The number of aromatic nitrogens is 1. The number of rotatable bonds is 6. The maximum Gasteiger partial charge on any atom is 0.490 e. The van der Waals surface area contributed by atoms with Gasteiger partial charge in [0.15, 0.2) is 0 Å². The Morgan fingerprint density at radius 1 is 1.36 bits per heavy atom. The molecule has 3 aliphatic rings. The Bertz CT molecular complexity index is 625. The number of aliphatic carboxylic acids is 1. The lowest BCUT2D eigenvalue weighted by atomic mass is 10.0. The van der Waals surface area contributed by atoms with E-state index in [9.17, 15) is 13.2 Å². The van der Waals surface area contributed by atoms with Gasteiger partial charge in [-0.3, -0.25) is 4.90 Å². The average Bonchev–Trinajstić information content (AvgIpc) is 3.14. The Morgan fingerprint density at radius 2 is 2.11 bits per heavy atom. The molecular formula is C18H25F3N2O4S. The first-order valence-corrected chi connectivity index (χ1v) is 10.3. The van der Waals surface area contributed by atoms with Crippen LogP contribution in [0.15, 0.2) is 11.6 Å². The highest BCUT2D eigenvalue weighted by molar-refractivity contribution is 7.09. The number of carboxylic acid groups (broad SMARTS) is 1. The molecule has 2 heterocycles. The first-order valence-electron chi connectivity index (χ1n) is 9.46. The quantitative estimate of drug-likeness (QED) is 0.759. The molecule has 0 aromatic carbocycles. The number of alkyl halides is 3. The average molecular weight is 422 g/mol. The summed E-state index contributed by atoms with van der Waals surface area (Å²) in [6, 6.07) is 0.646. The van der Waals surface area contributed by atoms with Gasteiger partial charge in [0.05, 0.1) is 25.9 Å². The van der Waals surface area contributed by atoms with Gasteiger partial charge in [-0.05, 0) is 31.6 Å². The number of halogens is 3. The molecule has 2 saturated carbocycles. The minimum absolute atomic E-state index is 0.397. The monoisotopic (exact) mass is 422 g/mol. The molecule has 28 heavy (non-hydrogen) atoms. The van der Waals surface area contributed by atoms with Gasteiger partial charge in [-0.1, -0.05) is 0 Å². The summed E-state index contributed by atoms with van der Waals surface area (Å²) in [4.78, 5) is 15.9. The van der Waals surface area contributed by atoms with E-state index in [1.807, 2.05) is 11.6 Å². The van der Waals surface area contributed by atoms with Crippen LogP contribution in [0.4, 0.5) is 13.2 Å². The predicted octanol–water partition coefficient (Wildman–Crippen LogP) is 3.18. The van der Waals surface area contributed by atoms with Crippen molar-refractivity contribution in [2.75, 3.05) is 26.3 Å². The zero-order valence-corrected chi connectivity index (χ0v) is 16.3. The minimum Gasteiger partial charge on any atom is -0.475 e. The summed E-state index contributed by atoms with van der Waals surface area (Å²) >= 11 is 1.67. The molecule has 3 unspecified atom stereocenters. The molecule has 4 rings (SSSR count). The molecule has 10 heteroatoms. The van der Waals surface area contributed by atoms with Crippen LogP contribution in [0.25, 0.3) is 0 Å². The third-order valence-electron chi connectivity index (χ3n) is 5.31. The van der Waals surface area contributed by atoms with Gasteiger partial charge in [-0.15, -0.1) is 11.3 Å². The highest BCUT2D eigenvalue weighted by Crippen LogP contribution is 2.38. The summed E-state index contributed by atoms with van der Waals surface area (Å²) < 4.78 is 43.7. The Hall–Kier alpha value is -1.23. The first kappa shape index (κ1) is 21.5. The summed E-state index contributed by atoms with van der Waals surface area (Å²) in [5.74, 6) is -1.21. The van der Waals surface area contributed by atoms with Crippen molar-refractivity contribution in [1.29, 1.82) is 0 Å². The van der Waals surface area contributed by atoms with E-state index < -0.39 is 12.1 Å². The van der Waals surface area contributed by atoms with Gasteiger partial charge < -0.3 is 14.6 Å². The summed E-state index contributed by atoms with van der Waals surface area (Å²) in [5, 5.41) is 10.2. The third kappa shape index (κ3) is 6.13. The van der Waals surface area contributed by atoms with Gasteiger partial charge in [0.2, 0.25) is 0 Å². The molecule has 0 radical (unpaired) electrons. The largest absolute Gasteiger partial charge is 0.490 e. The maximum absolute atomic E-state index is 10.6. The fourth-order valence-corrected chi connectivity index (χ4v) is 4.35. The van der Waals surface area contributed by atoms with Gasteiger partial charge in [0, 0.05) is 36.6 Å². The lowest BCUT2D eigenvalue weighted by molar-refractivity contribution is -0.192. The highest BCUT2D eigenvalue weighted by atomic mass is 32.1. The number of carbonyl (C=O) groups is 1. The second-order valence-electron chi connectivity index (χ2n) is 7.42. The van der Waals surface area contributed by atoms with Crippen molar-refractivity contribution in [3.05, 3.63) is 16.6 Å². The van der Waals surface area contributed by atoms with Gasteiger partial charge in [0.25, 0.3) is 0 Å². The number of morpholine rings is 1. The molecular weight excluding hydrogens is 397 g/mol. The van der Waals surface area contributed by atoms with Crippen LogP contribution in [0.1, 0.15) is 30.7 Å². The molecule has 0 amide bonds. The fraction of sp³-hybridized carbons (Fsp3) is 0.778. The molecule has 3 fully saturated rings. The molecule has 0 spiro atoms. The number of fused-ring (bicyclic) bond motifs is 1. The van der Waals surface area contributed by atoms with Crippen molar-refractivity contribution >= 4 is 17.3 Å². The van der Waals surface area contributed by atoms with E-state index in [0.29, 0.717) is 24.7 Å². The predicted molar refractivity (Wildman–Crippen MR) is 96.0 cm³/mol. The van der Waals surface area contributed by atoms with Crippen LogP contribution in [-0.4, -0.2) is 65.6 Å². The molecule has 1 aromatic heterocycles. The zero-order chi connectivity index (χ0) is 20.1. The molecule has 0 bridgehead atoms. The Balaban J connectivity index is 0.000000279. The van der Waals surface area contributed by atoms with Crippen LogP contribution in [0.5, 0.6) is 0 Å². The van der Waals surface area contributed by atoms with E-state index in [2.05, 4.69) is 9.88 Å². The van der Waals surface area contributed by atoms with Gasteiger partial charge in [-0.2, -0.15) is 13.2 Å². The normalized spacial score (nSPS) is 27.8. The summed E-state index contributed by atoms with van der Waals surface area (Å²) in [7, 11) is 0. The molecule has 1 saturated heterocycles. The van der Waals surface area contributed by atoms with Crippen molar-refractivity contribution in [3.8, 4) is 0 Å². The minimum atomic E-state index is -5.08. The van der Waals surface area contributed by atoms with Gasteiger partial charge in [-0.25, -0.2) is 9.78 Å². The SMILES string of the molecule is O=C(O)C(F)(F)F.c1csc(COCC2CCC3C2OCCN3CC2CC2)n1. The number of thiazole rings is 1. The number of hydrogen-bond acceptors (Lipinski definition) is 6. The lowest BCUT2D eigenvalue weighted by Crippen LogP contribution is -2.51. The number of hydrogen-bond donors (Lipinski definition) is 1. The molecule has 1 aliphatic heterocycles. The number of ether oxygens (including phenoxy) is 2. The van der Waals surface area contributed by atoms with Crippen molar-refractivity contribution in [2.24, 2.45) is 11.8 Å². The van der Waals surface area contributed by atoms with Crippen LogP contribution in [0.2, 0.25) is 0 Å². The summed E-state index contributed by atoms with van der Waals surface area (Å²) in [6.45, 7) is 4.80. The van der Waals surface area contributed by atoms with E-state index >= 15 is 0 Å². The van der Waals surface area contributed by atoms with Crippen LogP contribution in [0, 0.1) is 11.8 Å². The summed E-state index contributed by atoms with van der Waals surface area (Å²) in [5.41, 5.74) is 0. The molecule has 2 aliphatic carbocycles. The molecule has 1 N–H and O–H groups in total. The van der Waals surface area contributed by atoms with E-state index in [1.54, 1.807) is 11.3 Å². The molecule has 1 aromatic rings. The zero-order valence-electron chi connectivity index (χ0n) is 15.4. The number of carboxylic acids is 1. The summed E-state index contributed by atoms with van der Waals surface area (Å²) in [6.07, 6.45) is 2.56. The second-order valence-corrected chi connectivity index (χ2v) is 8.40. The van der Waals surface area contributed by atoms with Gasteiger partial charge in [0.1, 0.15) is 5.01 Å². The first-order chi connectivity index (χ1) is 13.3. The molecule has 158 valence electrons. The van der Waals surface area contributed by atoms with E-state index in [4.69, 9.17) is 19.4 Å². The topological polar surface area (TPSA) is 71.9 Å². The lowest BCUT2D eigenvalue weighted by Gasteiger charge is -2.39. The molecule has 3 atom stereocenters. The Morgan fingerprint density at radius 3 is 2.71 bits per heavy atom.